The number of ketones is 1. The van der Waals surface area contributed by atoms with Crippen LogP contribution in [0.5, 0.6) is 0 Å². The standard InChI is InChI=1S/C21H20ClN3O5/c1-23(2)10-11-24-18(14-4-3-5-16(12-14)25(29)30)17(20(27)21(24)28)19(26)13-6-8-15(22)9-7-13/h3-9,12,18,26H,10-11H2,1-2H3/b19-17+. The second-order valence-corrected chi connectivity index (χ2v) is 7.59. The summed E-state index contributed by atoms with van der Waals surface area (Å²) in [7, 11) is 3.65. The lowest BCUT2D eigenvalue weighted by atomic mass is 9.95. The number of nitro groups is 1. The number of rotatable bonds is 6. The number of aliphatic hydroxyl groups excluding tert-OH is 1. The van der Waals surface area contributed by atoms with Gasteiger partial charge in [-0.1, -0.05) is 23.7 Å². The molecule has 156 valence electrons. The summed E-state index contributed by atoms with van der Waals surface area (Å²) in [5.41, 5.74) is 0.414. The Morgan fingerprint density at radius 1 is 1.20 bits per heavy atom. The minimum atomic E-state index is -0.944. The first-order chi connectivity index (χ1) is 14.2. The van der Waals surface area contributed by atoms with Gasteiger partial charge in [0.05, 0.1) is 16.5 Å². The zero-order chi connectivity index (χ0) is 22.0. The third-order valence-corrected chi connectivity index (χ3v) is 5.09. The van der Waals surface area contributed by atoms with Gasteiger partial charge in [0.15, 0.2) is 0 Å². The van der Waals surface area contributed by atoms with Gasteiger partial charge in [0, 0.05) is 35.8 Å². The van der Waals surface area contributed by atoms with Crippen molar-refractivity contribution < 1.29 is 19.6 Å². The van der Waals surface area contributed by atoms with Crippen molar-refractivity contribution in [3.63, 3.8) is 0 Å². The van der Waals surface area contributed by atoms with E-state index in [2.05, 4.69) is 0 Å². The van der Waals surface area contributed by atoms with E-state index in [1.807, 2.05) is 19.0 Å². The van der Waals surface area contributed by atoms with Gasteiger partial charge in [-0.2, -0.15) is 0 Å². The number of likely N-dealkylation sites (N-methyl/N-ethyl adjacent to an activating group) is 1. The molecule has 0 aliphatic carbocycles. The largest absolute Gasteiger partial charge is 0.507 e. The van der Waals surface area contributed by atoms with Crippen LogP contribution in [0.4, 0.5) is 5.69 Å². The molecular formula is C21H20ClN3O5. The Morgan fingerprint density at radius 3 is 2.47 bits per heavy atom. The topological polar surface area (TPSA) is 104 Å². The van der Waals surface area contributed by atoms with Gasteiger partial charge in [0.1, 0.15) is 5.76 Å². The molecule has 1 amide bonds. The highest BCUT2D eigenvalue weighted by molar-refractivity contribution is 6.46. The number of aliphatic hydroxyl groups is 1. The zero-order valence-electron chi connectivity index (χ0n) is 16.4. The van der Waals surface area contributed by atoms with Crippen LogP contribution in [-0.2, 0) is 9.59 Å². The molecule has 1 heterocycles. The first kappa shape index (κ1) is 21.5. The van der Waals surface area contributed by atoms with E-state index in [1.54, 1.807) is 18.2 Å². The summed E-state index contributed by atoms with van der Waals surface area (Å²) in [6.45, 7) is 0.682. The average molecular weight is 430 g/mol. The fraction of sp³-hybridized carbons (Fsp3) is 0.238. The summed E-state index contributed by atoms with van der Waals surface area (Å²) >= 11 is 5.90. The van der Waals surface area contributed by atoms with E-state index < -0.39 is 22.7 Å². The quantitative estimate of drug-likeness (QED) is 0.248. The van der Waals surface area contributed by atoms with Crippen LogP contribution in [0.25, 0.3) is 5.76 Å². The van der Waals surface area contributed by atoms with Crippen LogP contribution in [0.3, 0.4) is 0 Å². The molecule has 0 spiro atoms. The van der Waals surface area contributed by atoms with Crippen LogP contribution in [0.1, 0.15) is 17.2 Å². The molecular weight excluding hydrogens is 410 g/mol. The molecule has 1 fully saturated rings. The molecule has 2 aromatic carbocycles. The Bertz CT molecular complexity index is 1030. The summed E-state index contributed by atoms with van der Waals surface area (Å²) in [6, 6.07) is 11.0. The smallest absolute Gasteiger partial charge is 0.295 e. The van der Waals surface area contributed by atoms with Gasteiger partial charge < -0.3 is 14.9 Å². The van der Waals surface area contributed by atoms with Crippen molar-refractivity contribution in [2.24, 2.45) is 0 Å². The van der Waals surface area contributed by atoms with Crippen molar-refractivity contribution in [2.45, 2.75) is 6.04 Å². The van der Waals surface area contributed by atoms with Gasteiger partial charge in [-0.25, -0.2) is 0 Å². The molecule has 0 bridgehead atoms. The molecule has 1 aliphatic rings. The van der Waals surface area contributed by atoms with Gasteiger partial charge in [0.25, 0.3) is 17.4 Å². The average Bonchev–Trinajstić information content (AvgIpc) is 2.97. The molecule has 9 heteroatoms. The van der Waals surface area contributed by atoms with E-state index in [9.17, 15) is 24.8 Å². The summed E-state index contributed by atoms with van der Waals surface area (Å²) in [6.07, 6.45) is 0. The zero-order valence-corrected chi connectivity index (χ0v) is 17.2. The molecule has 0 aromatic heterocycles. The van der Waals surface area contributed by atoms with Gasteiger partial charge >= 0.3 is 0 Å². The number of hydrogen-bond donors (Lipinski definition) is 1. The minimum absolute atomic E-state index is 0.110. The van der Waals surface area contributed by atoms with Gasteiger partial charge in [-0.05, 0) is 43.9 Å². The van der Waals surface area contributed by atoms with E-state index >= 15 is 0 Å². The maximum Gasteiger partial charge on any atom is 0.295 e. The fourth-order valence-corrected chi connectivity index (χ4v) is 3.46. The van der Waals surface area contributed by atoms with Crippen LogP contribution in [0.15, 0.2) is 54.1 Å². The molecule has 1 N–H and O–H groups in total. The van der Waals surface area contributed by atoms with Crippen molar-refractivity contribution in [3.05, 3.63) is 80.4 Å². The molecule has 1 unspecified atom stereocenters. The molecule has 1 atom stereocenters. The molecule has 1 aliphatic heterocycles. The monoisotopic (exact) mass is 429 g/mol. The number of amides is 1. The van der Waals surface area contributed by atoms with E-state index in [4.69, 9.17) is 11.6 Å². The van der Waals surface area contributed by atoms with Crippen molar-refractivity contribution in [1.82, 2.24) is 9.80 Å². The second-order valence-electron chi connectivity index (χ2n) is 7.15. The van der Waals surface area contributed by atoms with Crippen LogP contribution in [0, 0.1) is 10.1 Å². The maximum atomic E-state index is 12.9. The summed E-state index contributed by atoms with van der Waals surface area (Å²) in [5.74, 6) is -1.95. The maximum absolute atomic E-state index is 12.9. The Labute approximate surface area is 178 Å². The number of non-ortho nitro benzene ring substituents is 1. The third-order valence-electron chi connectivity index (χ3n) is 4.84. The summed E-state index contributed by atoms with van der Waals surface area (Å²) < 4.78 is 0. The first-order valence-corrected chi connectivity index (χ1v) is 9.52. The number of nitro benzene ring substituents is 1. The predicted molar refractivity (Wildman–Crippen MR) is 112 cm³/mol. The highest BCUT2D eigenvalue weighted by atomic mass is 35.5. The van der Waals surface area contributed by atoms with Crippen molar-refractivity contribution >= 4 is 34.7 Å². The number of likely N-dealkylation sites (tertiary alicyclic amines) is 1. The summed E-state index contributed by atoms with van der Waals surface area (Å²) in [5, 5.41) is 22.6. The van der Waals surface area contributed by atoms with Crippen LogP contribution in [0.2, 0.25) is 5.02 Å². The van der Waals surface area contributed by atoms with Crippen molar-refractivity contribution in [2.75, 3.05) is 27.2 Å². The molecule has 30 heavy (non-hydrogen) atoms. The Morgan fingerprint density at radius 2 is 1.87 bits per heavy atom. The Hall–Kier alpha value is -3.23. The Balaban J connectivity index is 2.17. The van der Waals surface area contributed by atoms with Crippen LogP contribution in [-0.4, -0.2) is 58.7 Å². The Kier molecular flexibility index (Phi) is 6.19. The predicted octanol–water partition coefficient (Wildman–Crippen LogP) is 3.23. The third kappa shape index (κ3) is 4.19. The number of Topliss-reactive ketones (excluding diaryl/α,β-unsaturated/α-hetero) is 1. The lowest BCUT2D eigenvalue weighted by Gasteiger charge is -2.26. The molecule has 3 rings (SSSR count). The minimum Gasteiger partial charge on any atom is -0.507 e. The number of halogens is 1. The first-order valence-electron chi connectivity index (χ1n) is 9.14. The molecule has 0 radical (unpaired) electrons. The van der Waals surface area contributed by atoms with E-state index in [-0.39, 0.29) is 23.6 Å². The second kappa shape index (κ2) is 8.64. The lowest BCUT2D eigenvalue weighted by molar-refractivity contribution is -0.384. The van der Waals surface area contributed by atoms with Crippen molar-refractivity contribution in [3.8, 4) is 0 Å². The van der Waals surface area contributed by atoms with Crippen LogP contribution >= 0.6 is 11.6 Å². The number of carbonyl (C=O) groups excluding carboxylic acids is 2. The fourth-order valence-electron chi connectivity index (χ4n) is 3.34. The number of nitrogens with zero attached hydrogens (tertiary/aromatic N) is 3. The van der Waals surface area contributed by atoms with E-state index in [0.717, 1.165) is 0 Å². The molecule has 1 saturated heterocycles. The molecule has 0 saturated carbocycles. The van der Waals surface area contributed by atoms with Gasteiger partial charge in [-0.15, -0.1) is 0 Å². The van der Waals surface area contributed by atoms with Gasteiger partial charge in [-0.3, -0.25) is 19.7 Å². The lowest BCUT2D eigenvalue weighted by Crippen LogP contribution is -2.35. The SMILES string of the molecule is CN(C)CCN1C(=O)C(=O)/C(=C(/O)c2ccc(Cl)cc2)C1c1cccc([N+](=O)[O-])c1. The normalized spacial score (nSPS) is 18.3. The summed E-state index contributed by atoms with van der Waals surface area (Å²) in [4.78, 5) is 39.5. The highest BCUT2D eigenvalue weighted by Crippen LogP contribution is 2.40. The molecule has 8 nitrogen and oxygen atoms in total. The number of benzene rings is 2. The van der Waals surface area contributed by atoms with E-state index in [0.29, 0.717) is 22.7 Å². The van der Waals surface area contributed by atoms with E-state index in [1.165, 1.54) is 35.2 Å². The van der Waals surface area contributed by atoms with Crippen LogP contribution < -0.4 is 0 Å². The highest BCUT2D eigenvalue weighted by Gasteiger charge is 2.46. The molecule has 2 aromatic rings. The number of hydrogen-bond acceptors (Lipinski definition) is 6. The van der Waals surface area contributed by atoms with Crippen molar-refractivity contribution in [1.29, 1.82) is 0 Å². The van der Waals surface area contributed by atoms with Gasteiger partial charge in [0.2, 0.25) is 0 Å². The number of carbonyl (C=O) groups is 2.